The molecular weight excluding hydrogens is 300 g/mol. The highest BCUT2D eigenvalue weighted by Gasteiger charge is 2.49. The minimum absolute atomic E-state index is 0.00850. The molecule has 0 amide bonds. The maximum absolute atomic E-state index is 12.5. The zero-order chi connectivity index (χ0) is 15.8. The van der Waals surface area contributed by atoms with Crippen molar-refractivity contribution in [1.82, 2.24) is 9.03 Å². The second-order valence-corrected chi connectivity index (χ2v) is 7.69. The average Bonchev–Trinajstić information content (AvgIpc) is 2.70. The van der Waals surface area contributed by atoms with Crippen LogP contribution < -0.4 is 4.72 Å². The van der Waals surface area contributed by atoms with E-state index in [0.717, 1.165) is 0 Å². The van der Waals surface area contributed by atoms with Crippen LogP contribution in [0, 0.1) is 5.41 Å². The number of morpholine rings is 1. The van der Waals surface area contributed by atoms with E-state index in [2.05, 4.69) is 4.72 Å². The molecule has 2 N–H and O–H groups in total. The van der Waals surface area contributed by atoms with Gasteiger partial charge in [0, 0.05) is 13.1 Å². The van der Waals surface area contributed by atoms with Gasteiger partial charge in [0.25, 0.3) is 10.2 Å². The molecule has 2 aliphatic heterocycles. The SMILES string of the molecule is CC1CN(S(=O)(=O)NC2COCC2(C)C(=O)O)CC(C)O1. The summed E-state index contributed by atoms with van der Waals surface area (Å²) in [5, 5.41) is 9.29. The van der Waals surface area contributed by atoms with Gasteiger partial charge in [0.1, 0.15) is 5.41 Å². The molecule has 9 heteroatoms. The summed E-state index contributed by atoms with van der Waals surface area (Å²) < 4.78 is 39.3. The van der Waals surface area contributed by atoms with Gasteiger partial charge in [-0.3, -0.25) is 4.79 Å². The molecule has 0 saturated carbocycles. The third-order valence-electron chi connectivity index (χ3n) is 3.96. The fourth-order valence-corrected chi connectivity index (χ4v) is 4.28. The highest BCUT2D eigenvalue weighted by Crippen LogP contribution is 2.29. The molecule has 0 radical (unpaired) electrons. The van der Waals surface area contributed by atoms with E-state index in [0.29, 0.717) is 0 Å². The van der Waals surface area contributed by atoms with E-state index in [1.165, 1.54) is 11.2 Å². The molecular formula is C12H22N2O6S. The lowest BCUT2D eigenvalue weighted by Crippen LogP contribution is -2.57. The van der Waals surface area contributed by atoms with E-state index in [1.807, 2.05) is 0 Å². The Kier molecular flexibility index (Phi) is 4.60. The Bertz CT molecular complexity index is 500. The number of carboxylic acids is 1. The van der Waals surface area contributed by atoms with Crippen LogP contribution in [0.5, 0.6) is 0 Å². The van der Waals surface area contributed by atoms with E-state index in [1.54, 1.807) is 13.8 Å². The number of carbonyl (C=O) groups is 1. The fraction of sp³-hybridized carbons (Fsp3) is 0.917. The van der Waals surface area contributed by atoms with Gasteiger partial charge in [-0.25, -0.2) is 0 Å². The molecule has 2 rings (SSSR count). The van der Waals surface area contributed by atoms with Gasteiger partial charge in [-0.1, -0.05) is 0 Å². The molecule has 4 unspecified atom stereocenters. The lowest BCUT2D eigenvalue weighted by Gasteiger charge is -2.36. The fourth-order valence-electron chi connectivity index (χ4n) is 2.63. The Hall–Kier alpha value is -0.740. The molecule has 2 saturated heterocycles. The van der Waals surface area contributed by atoms with Gasteiger partial charge in [-0.15, -0.1) is 0 Å². The molecule has 0 aliphatic carbocycles. The third-order valence-corrected chi connectivity index (χ3v) is 5.52. The summed E-state index contributed by atoms with van der Waals surface area (Å²) in [4.78, 5) is 11.4. The predicted molar refractivity (Wildman–Crippen MR) is 74.0 cm³/mol. The van der Waals surface area contributed by atoms with Gasteiger partial charge in [-0.2, -0.15) is 17.4 Å². The van der Waals surface area contributed by atoms with Crippen LogP contribution in [-0.2, 0) is 24.5 Å². The van der Waals surface area contributed by atoms with Crippen molar-refractivity contribution in [3.8, 4) is 0 Å². The lowest BCUT2D eigenvalue weighted by atomic mass is 9.86. The van der Waals surface area contributed by atoms with Crippen molar-refractivity contribution in [2.24, 2.45) is 5.41 Å². The minimum Gasteiger partial charge on any atom is -0.481 e. The Balaban J connectivity index is 2.12. The van der Waals surface area contributed by atoms with Crippen molar-refractivity contribution in [1.29, 1.82) is 0 Å². The predicted octanol–water partition coefficient (Wildman–Crippen LogP) is -0.580. The zero-order valence-electron chi connectivity index (χ0n) is 12.4. The van der Waals surface area contributed by atoms with Gasteiger partial charge in [0.2, 0.25) is 0 Å². The van der Waals surface area contributed by atoms with Gasteiger partial charge in [0.15, 0.2) is 0 Å². The molecule has 0 aromatic carbocycles. The van der Waals surface area contributed by atoms with Gasteiger partial charge >= 0.3 is 5.97 Å². The topological polar surface area (TPSA) is 105 Å². The molecule has 0 aromatic heterocycles. The first-order chi connectivity index (χ1) is 9.65. The van der Waals surface area contributed by atoms with Crippen LogP contribution in [0.3, 0.4) is 0 Å². The number of rotatable bonds is 4. The van der Waals surface area contributed by atoms with E-state index in [4.69, 9.17) is 9.47 Å². The molecule has 0 aromatic rings. The highest BCUT2D eigenvalue weighted by molar-refractivity contribution is 7.87. The Labute approximate surface area is 124 Å². The minimum atomic E-state index is -3.78. The Morgan fingerprint density at radius 2 is 1.90 bits per heavy atom. The maximum Gasteiger partial charge on any atom is 0.313 e. The zero-order valence-corrected chi connectivity index (χ0v) is 13.2. The summed E-state index contributed by atoms with van der Waals surface area (Å²) in [5.74, 6) is -1.07. The molecule has 122 valence electrons. The monoisotopic (exact) mass is 322 g/mol. The van der Waals surface area contributed by atoms with Crippen LogP contribution in [0.25, 0.3) is 0 Å². The average molecular weight is 322 g/mol. The lowest BCUT2D eigenvalue weighted by molar-refractivity contribution is -0.148. The third kappa shape index (κ3) is 3.37. The van der Waals surface area contributed by atoms with E-state index < -0.39 is 27.6 Å². The van der Waals surface area contributed by atoms with Gasteiger partial charge < -0.3 is 14.6 Å². The van der Waals surface area contributed by atoms with Crippen molar-refractivity contribution in [2.75, 3.05) is 26.3 Å². The van der Waals surface area contributed by atoms with E-state index in [-0.39, 0.29) is 38.5 Å². The first-order valence-corrected chi connectivity index (χ1v) is 8.33. The second-order valence-electron chi connectivity index (χ2n) is 5.99. The van der Waals surface area contributed by atoms with Gasteiger partial charge in [-0.05, 0) is 20.8 Å². The van der Waals surface area contributed by atoms with Crippen molar-refractivity contribution in [3.05, 3.63) is 0 Å². The van der Waals surface area contributed by atoms with E-state index >= 15 is 0 Å². The maximum atomic E-state index is 12.5. The number of nitrogens with zero attached hydrogens (tertiary/aromatic N) is 1. The summed E-state index contributed by atoms with van der Waals surface area (Å²) in [6.07, 6.45) is -0.396. The number of hydrogen-bond acceptors (Lipinski definition) is 5. The largest absolute Gasteiger partial charge is 0.481 e. The quantitative estimate of drug-likeness (QED) is 0.717. The van der Waals surface area contributed by atoms with Crippen molar-refractivity contribution in [3.63, 3.8) is 0 Å². The van der Waals surface area contributed by atoms with Crippen molar-refractivity contribution < 1.29 is 27.8 Å². The summed E-state index contributed by atoms with van der Waals surface area (Å²) in [7, 11) is -3.78. The van der Waals surface area contributed by atoms with Crippen LogP contribution in [0.15, 0.2) is 0 Å². The number of hydrogen-bond donors (Lipinski definition) is 2. The molecule has 0 spiro atoms. The smallest absolute Gasteiger partial charge is 0.313 e. The number of nitrogens with one attached hydrogen (secondary N) is 1. The molecule has 4 atom stereocenters. The Morgan fingerprint density at radius 1 is 1.33 bits per heavy atom. The summed E-state index contributed by atoms with van der Waals surface area (Å²) in [5.41, 5.74) is -1.25. The highest BCUT2D eigenvalue weighted by atomic mass is 32.2. The number of aliphatic carboxylic acids is 1. The van der Waals surface area contributed by atoms with Crippen molar-refractivity contribution >= 4 is 16.2 Å². The number of ether oxygens (including phenoxy) is 2. The van der Waals surface area contributed by atoms with Crippen LogP contribution in [0.1, 0.15) is 20.8 Å². The second kappa shape index (κ2) is 5.81. The first kappa shape index (κ1) is 16.6. The van der Waals surface area contributed by atoms with Gasteiger partial charge in [0.05, 0.1) is 31.5 Å². The van der Waals surface area contributed by atoms with Crippen molar-refractivity contribution in [2.45, 2.75) is 39.0 Å². The number of carboxylic acid groups (broad SMARTS) is 1. The summed E-state index contributed by atoms with van der Waals surface area (Å²) in [6.45, 7) is 5.63. The van der Waals surface area contributed by atoms with Crippen LogP contribution in [0.4, 0.5) is 0 Å². The molecule has 2 heterocycles. The van der Waals surface area contributed by atoms with E-state index in [9.17, 15) is 18.3 Å². The first-order valence-electron chi connectivity index (χ1n) is 6.89. The molecule has 8 nitrogen and oxygen atoms in total. The molecule has 2 fully saturated rings. The Morgan fingerprint density at radius 3 is 2.43 bits per heavy atom. The summed E-state index contributed by atoms with van der Waals surface area (Å²) >= 11 is 0. The summed E-state index contributed by atoms with van der Waals surface area (Å²) in [6, 6.07) is -0.784. The standard InChI is InChI=1S/C12H22N2O6S/c1-8-4-14(5-9(2)20-8)21(17,18)13-10-6-19-7-12(10,3)11(15)16/h8-10,13H,4-7H2,1-3H3,(H,15,16). The normalized spacial score (nSPS) is 38.5. The molecule has 0 bridgehead atoms. The molecule has 21 heavy (non-hydrogen) atoms. The van der Waals surface area contributed by atoms with Crippen LogP contribution >= 0.6 is 0 Å². The van der Waals surface area contributed by atoms with Crippen LogP contribution in [0.2, 0.25) is 0 Å². The van der Waals surface area contributed by atoms with Crippen LogP contribution in [-0.4, -0.2) is 68.4 Å². The molecule has 2 aliphatic rings.